The van der Waals surface area contributed by atoms with E-state index in [1.54, 1.807) is 7.05 Å². The van der Waals surface area contributed by atoms with Gasteiger partial charge in [0.15, 0.2) is 0 Å². The largest absolute Gasteiger partial charge is 0.491 e. The summed E-state index contributed by atoms with van der Waals surface area (Å²) in [6, 6.07) is 12.9. The molecule has 39 heavy (non-hydrogen) atoms. The van der Waals surface area contributed by atoms with Crippen LogP contribution in [-0.2, 0) is 16.1 Å². The number of nitrogens with zero attached hydrogens (tertiary/aromatic N) is 3. The van der Waals surface area contributed by atoms with Crippen molar-refractivity contribution in [3.8, 4) is 5.75 Å². The summed E-state index contributed by atoms with van der Waals surface area (Å²) in [6.45, 7) is 3.94. The van der Waals surface area contributed by atoms with Crippen LogP contribution in [-0.4, -0.2) is 71.0 Å². The Balaban J connectivity index is 1.48. The predicted octanol–water partition coefficient (Wildman–Crippen LogP) is 5.52. The van der Waals surface area contributed by atoms with E-state index in [1.807, 2.05) is 43.3 Å². The Bertz CT molecular complexity index is 1170. The van der Waals surface area contributed by atoms with Crippen LogP contribution in [0.4, 0.5) is 4.79 Å². The first-order chi connectivity index (χ1) is 18.7. The summed E-state index contributed by atoms with van der Waals surface area (Å²) in [5, 5.41) is 10.4. The highest BCUT2D eigenvalue weighted by atomic mass is 35.5. The lowest BCUT2D eigenvalue weighted by atomic mass is 9.88. The minimum Gasteiger partial charge on any atom is -0.491 e. The van der Waals surface area contributed by atoms with Crippen molar-refractivity contribution < 1.29 is 24.2 Å². The Labute approximate surface area is 235 Å². The zero-order valence-electron chi connectivity index (χ0n) is 22.8. The van der Waals surface area contributed by atoms with Gasteiger partial charge in [0.25, 0.3) is 0 Å². The van der Waals surface area contributed by atoms with Gasteiger partial charge in [0.05, 0.1) is 13.0 Å². The van der Waals surface area contributed by atoms with E-state index in [1.165, 1.54) is 41.9 Å². The number of ether oxygens (including phenoxy) is 1. The zero-order valence-corrected chi connectivity index (χ0v) is 23.5. The van der Waals surface area contributed by atoms with Crippen LogP contribution in [0.5, 0.6) is 5.75 Å². The zero-order chi connectivity index (χ0) is 27.9. The van der Waals surface area contributed by atoms with E-state index in [0.717, 1.165) is 23.2 Å². The lowest BCUT2D eigenvalue weighted by Gasteiger charge is -2.35. The van der Waals surface area contributed by atoms with Gasteiger partial charge in [-0.2, -0.15) is 0 Å². The molecule has 0 bridgehead atoms. The number of carboxylic acid groups (broad SMARTS) is 1. The van der Waals surface area contributed by atoms with Gasteiger partial charge in [-0.05, 0) is 60.6 Å². The topological polar surface area (TPSA) is 90.4 Å². The van der Waals surface area contributed by atoms with Crippen molar-refractivity contribution in [1.82, 2.24) is 14.7 Å². The fraction of sp³-hybridized carbons (Fsp3) is 0.500. The van der Waals surface area contributed by atoms with Crippen LogP contribution < -0.4 is 4.74 Å². The third-order valence-corrected chi connectivity index (χ3v) is 7.96. The molecule has 1 saturated heterocycles. The predicted molar refractivity (Wildman–Crippen MR) is 150 cm³/mol. The number of rotatable bonds is 12. The molecule has 1 aliphatic carbocycles. The normalized spacial score (nSPS) is 17.2. The van der Waals surface area contributed by atoms with Crippen molar-refractivity contribution >= 4 is 29.5 Å². The third-order valence-electron chi connectivity index (χ3n) is 7.71. The molecule has 2 aromatic carbocycles. The van der Waals surface area contributed by atoms with Gasteiger partial charge in [-0.25, -0.2) is 4.79 Å². The molecule has 0 spiro atoms. The molecule has 0 aromatic heterocycles. The SMILES string of the molecule is Cc1cc(CN(CC2CCCCC2)C(CC(=O)O)c2ccc(Cl)cc2)ccc1OCCN1C(=O)CN(C)C1=O. The quantitative estimate of drug-likeness (QED) is 0.347. The van der Waals surface area contributed by atoms with Gasteiger partial charge in [-0.15, -0.1) is 0 Å². The minimum atomic E-state index is -0.829. The second-order valence-electron chi connectivity index (χ2n) is 10.7. The second-order valence-corrected chi connectivity index (χ2v) is 11.2. The number of aryl methyl sites for hydroxylation is 1. The molecule has 1 unspecified atom stereocenters. The van der Waals surface area contributed by atoms with E-state index >= 15 is 0 Å². The first-order valence-corrected chi connectivity index (χ1v) is 14.1. The molecular formula is C30H38ClN3O5. The van der Waals surface area contributed by atoms with E-state index in [0.29, 0.717) is 23.2 Å². The standard InChI is InChI=1S/C30H38ClN3O5/c1-21-16-23(8-13-27(21)39-15-14-34-28(35)20-32(2)30(34)38)19-33(18-22-6-4-3-5-7-22)26(17-29(36)37)24-9-11-25(31)12-10-24/h8-13,16,22,26H,3-7,14-15,17-20H2,1-2H3,(H,36,37). The molecule has 1 aliphatic heterocycles. The molecule has 0 radical (unpaired) electrons. The fourth-order valence-corrected chi connectivity index (χ4v) is 5.78. The van der Waals surface area contributed by atoms with Crippen LogP contribution in [0.2, 0.25) is 5.02 Å². The summed E-state index contributed by atoms with van der Waals surface area (Å²) in [4.78, 5) is 40.9. The van der Waals surface area contributed by atoms with Gasteiger partial charge in [-0.1, -0.05) is 55.1 Å². The van der Waals surface area contributed by atoms with Crippen molar-refractivity contribution in [3.63, 3.8) is 0 Å². The van der Waals surface area contributed by atoms with Gasteiger partial charge >= 0.3 is 12.0 Å². The number of carbonyl (C=O) groups excluding carboxylic acids is 2. The molecule has 9 heteroatoms. The number of urea groups is 1. The number of halogens is 1. The number of aliphatic carboxylic acids is 1. The van der Waals surface area contributed by atoms with Crippen LogP contribution in [0.15, 0.2) is 42.5 Å². The number of likely N-dealkylation sites (N-methyl/N-ethyl adjacent to an activating group) is 1. The van der Waals surface area contributed by atoms with Crippen molar-refractivity contribution in [2.45, 2.75) is 58.0 Å². The number of amides is 3. The average molecular weight is 556 g/mol. The highest BCUT2D eigenvalue weighted by molar-refractivity contribution is 6.30. The monoisotopic (exact) mass is 555 g/mol. The van der Waals surface area contributed by atoms with Gasteiger partial charge in [0.2, 0.25) is 5.91 Å². The van der Waals surface area contributed by atoms with Crippen molar-refractivity contribution in [2.75, 3.05) is 33.3 Å². The number of benzene rings is 2. The molecule has 2 aliphatic rings. The molecule has 210 valence electrons. The first kappa shape index (κ1) is 28.9. The molecule has 1 atom stereocenters. The second kappa shape index (κ2) is 13.3. The van der Waals surface area contributed by atoms with Crippen molar-refractivity contribution in [2.24, 2.45) is 5.92 Å². The Morgan fingerprint density at radius 3 is 2.46 bits per heavy atom. The van der Waals surface area contributed by atoms with Crippen LogP contribution in [0.1, 0.15) is 61.3 Å². The summed E-state index contributed by atoms with van der Waals surface area (Å²) >= 11 is 6.13. The van der Waals surface area contributed by atoms with Crippen molar-refractivity contribution in [1.29, 1.82) is 0 Å². The summed E-state index contributed by atoms with van der Waals surface area (Å²) in [6.07, 6.45) is 6.06. The van der Waals surface area contributed by atoms with Gasteiger partial charge in [-0.3, -0.25) is 19.4 Å². The Hall–Kier alpha value is -3.10. The van der Waals surface area contributed by atoms with Crippen molar-refractivity contribution in [3.05, 3.63) is 64.2 Å². The Morgan fingerprint density at radius 1 is 1.13 bits per heavy atom. The smallest absolute Gasteiger partial charge is 0.327 e. The third kappa shape index (κ3) is 7.73. The number of carboxylic acids is 1. The Kier molecular flexibility index (Phi) is 9.86. The van der Waals surface area contributed by atoms with Crippen LogP contribution in [0.25, 0.3) is 0 Å². The number of hydrogen-bond donors (Lipinski definition) is 1. The lowest BCUT2D eigenvalue weighted by molar-refractivity contribution is -0.138. The molecule has 2 aromatic rings. The highest BCUT2D eigenvalue weighted by Gasteiger charge is 2.33. The number of hydrogen-bond acceptors (Lipinski definition) is 5. The highest BCUT2D eigenvalue weighted by Crippen LogP contribution is 2.33. The summed E-state index contributed by atoms with van der Waals surface area (Å²) in [5.74, 6) is 0.198. The van der Waals surface area contributed by atoms with Crippen LogP contribution >= 0.6 is 11.6 Å². The maximum absolute atomic E-state index is 12.1. The maximum Gasteiger partial charge on any atom is 0.327 e. The average Bonchev–Trinajstić information content (AvgIpc) is 3.15. The van der Waals surface area contributed by atoms with Crippen LogP contribution in [0, 0.1) is 12.8 Å². The Morgan fingerprint density at radius 2 is 1.85 bits per heavy atom. The van der Waals surface area contributed by atoms with E-state index in [9.17, 15) is 19.5 Å². The summed E-state index contributed by atoms with van der Waals surface area (Å²) in [5.41, 5.74) is 2.97. The van der Waals surface area contributed by atoms with Gasteiger partial charge < -0.3 is 14.7 Å². The molecule has 4 rings (SSSR count). The molecule has 1 N–H and O–H groups in total. The number of carbonyl (C=O) groups is 3. The van der Waals surface area contributed by atoms with Crippen LogP contribution in [0.3, 0.4) is 0 Å². The van der Waals surface area contributed by atoms with E-state index in [2.05, 4.69) is 11.0 Å². The summed E-state index contributed by atoms with van der Waals surface area (Å²) < 4.78 is 5.92. The van der Waals surface area contributed by atoms with Gasteiger partial charge in [0, 0.05) is 31.2 Å². The fourth-order valence-electron chi connectivity index (χ4n) is 5.65. The van der Waals surface area contributed by atoms with Gasteiger partial charge in [0.1, 0.15) is 18.9 Å². The lowest BCUT2D eigenvalue weighted by Crippen LogP contribution is -2.35. The molecule has 2 fully saturated rings. The molecule has 8 nitrogen and oxygen atoms in total. The molecular weight excluding hydrogens is 518 g/mol. The van der Waals surface area contributed by atoms with E-state index in [4.69, 9.17) is 16.3 Å². The minimum absolute atomic E-state index is 0.0116. The van der Waals surface area contributed by atoms with E-state index < -0.39 is 5.97 Å². The molecule has 1 saturated carbocycles. The molecule has 1 heterocycles. The first-order valence-electron chi connectivity index (χ1n) is 13.7. The van der Waals surface area contributed by atoms with E-state index in [-0.39, 0.29) is 44.1 Å². The number of imide groups is 1. The molecule has 3 amide bonds. The summed E-state index contributed by atoms with van der Waals surface area (Å²) in [7, 11) is 1.61. The maximum atomic E-state index is 12.1.